The van der Waals surface area contributed by atoms with Crippen molar-refractivity contribution < 1.29 is 19.8 Å². The maximum Gasteiger partial charge on any atom is 0.319 e. The monoisotopic (exact) mass is 187 g/mol. The van der Waals surface area contributed by atoms with Gasteiger partial charge in [-0.05, 0) is 19.3 Å². The highest BCUT2D eigenvalue weighted by Gasteiger charge is 2.46. The number of piperidine rings is 1. The second kappa shape index (κ2) is 3.74. The van der Waals surface area contributed by atoms with Gasteiger partial charge in [-0.3, -0.25) is 9.59 Å². The molecule has 0 saturated carbocycles. The molecule has 5 heteroatoms. The number of hydrogen-bond donors (Lipinski definition) is 3. The van der Waals surface area contributed by atoms with Gasteiger partial charge in [-0.25, -0.2) is 0 Å². The molecule has 1 atom stereocenters. The van der Waals surface area contributed by atoms with Crippen LogP contribution in [0.25, 0.3) is 0 Å². The summed E-state index contributed by atoms with van der Waals surface area (Å²) in [5, 5.41) is 20.1. The average molecular weight is 187 g/mol. The average Bonchev–Trinajstić information content (AvgIpc) is 2.09. The number of aliphatic hydroxyl groups is 1. The van der Waals surface area contributed by atoms with E-state index in [-0.39, 0.29) is 13.0 Å². The Hall–Kier alpha value is -1.10. The first-order chi connectivity index (χ1) is 6.13. The number of aliphatic carboxylic acids is 1. The van der Waals surface area contributed by atoms with Gasteiger partial charge < -0.3 is 15.5 Å². The van der Waals surface area contributed by atoms with Crippen molar-refractivity contribution in [3.05, 3.63) is 0 Å². The van der Waals surface area contributed by atoms with Gasteiger partial charge in [-0.1, -0.05) is 0 Å². The Kier molecular flexibility index (Phi) is 2.87. The van der Waals surface area contributed by atoms with Gasteiger partial charge in [-0.2, -0.15) is 0 Å². The van der Waals surface area contributed by atoms with E-state index < -0.39 is 17.3 Å². The highest BCUT2D eigenvalue weighted by Crippen LogP contribution is 2.31. The largest absolute Gasteiger partial charge is 0.480 e. The van der Waals surface area contributed by atoms with Crippen molar-refractivity contribution >= 4 is 11.9 Å². The van der Waals surface area contributed by atoms with Gasteiger partial charge in [0.1, 0.15) is 5.41 Å². The van der Waals surface area contributed by atoms with Crippen molar-refractivity contribution in [2.75, 3.05) is 13.2 Å². The zero-order valence-electron chi connectivity index (χ0n) is 7.25. The lowest BCUT2D eigenvalue weighted by molar-refractivity contribution is -0.159. The minimum Gasteiger partial charge on any atom is -0.480 e. The SMILES string of the molecule is O=C(O)C1(CCO)CCCNC1=O. The van der Waals surface area contributed by atoms with Crippen molar-refractivity contribution in [1.82, 2.24) is 5.32 Å². The van der Waals surface area contributed by atoms with Crippen molar-refractivity contribution in [2.24, 2.45) is 5.41 Å². The third-order valence-corrected chi connectivity index (χ3v) is 2.45. The summed E-state index contributed by atoms with van der Waals surface area (Å²) in [7, 11) is 0. The lowest BCUT2D eigenvalue weighted by atomic mass is 9.77. The summed E-state index contributed by atoms with van der Waals surface area (Å²) < 4.78 is 0. The van der Waals surface area contributed by atoms with Crippen LogP contribution < -0.4 is 5.32 Å². The van der Waals surface area contributed by atoms with Gasteiger partial charge in [0.2, 0.25) is 5.91 Å². The van der Waals surface area contributed by atoms with E-state index in [1.54, 1.807) is 0 Å². The predicted molar refractivity (Wildman–Crippen MR) is 44.0 cm³/mol. The molecule has 0 aromatic heterocycles. The number of nitrogens with one attached hydrogen (secondary N) is 1. The molecule has 1 amide bonds. The molecule has 0 aliphatic carbocycles. The normalized spacial score (nSPS) is 28.2. The minimum absolute atomic E-state index is 0.00579. The van der Waals surface area contributed by atoms with Gasteiger partial charge in [-0.15, -0.1) is 0 Å². The number of carbonyl (C=O) groups is 2. The lowest BCUT2D eigenvalue weighted by Crippen LogP contribution is -2.51. The van der Waals surface area contributed by atoms with Crippen LogP contribution in [0, 0.1) is 5.41 Å². The molecule has 1 fully saturated rings. The van der Waals surface area contributed by atoms with Gasteiger partial charge >= 0.3 is 5.97 Å². The third kappa shape index (κ3) is 1.65. The van der Waals surface area contributed by atoms with E-state index in [9.17, 15) is 9.59 Å². The Bertz CT molecular complexity index is 224. The van der Waals surface area contributed by atoms with E-state index in [0.717, 1.165) is 0 Å². The van der Waals surface area contributed by atoms with Gasteiger partial charge in [0.25, 0.3) is 0 Å². The van der Waals surface area contributed by atoms with Crippen LogP contribution in [0.1, 0.15) is 19.3 Å². The second-order valence-electron chi connectivity index (χ2n) is 3.22. The first-order valence-electron chi connectivity index (χ1n) is 4.26. The standard InChI is InChI=1S/C8H13NO4/c10-5-3-8(7(12)13)2-1-4-9-6(8)11/h10H,1-5H2,(H,9,11)(H,12,13). The zero-order chi connectivity index (χ0) is 9.90. The Morgan fingerprint density at radius 3 is 2.77 bits per heavy atom. The summed E-state index contributed by atoms with van der Waals surface area (Å²) in [6, 6.07) is 0. The Balaban J connectivity index is 2.86. The Morgan fingerprint density at radius 2 is 2.31 bits per heavy atom. The number of rotatable bonds is 3. The molecule has 5 nitrogen and oxygen atoms in total. The van der Waals surface area contributed by atoms with Crippen LogP contribution in [-0.4, -0.2) is 35.2 Å². The molecule has 74 valence electrons. The Labute approximate surface area is 75.7 Å². The fourth-order valence-electron chi connectivity index (χ4n) is 1.62. The molecule has 1 unspecified atom stereocenters. The van der Waals surface area contributed by atoms with Crippen molar-refractivity contribution in [2.45, 2.75) is 19.3 Å². The minimum atomic E-state index is -1.40. The van der Waals surface area contributed by atoms with Crippen LogP contribution in [-0.2, 0) is 9.59 Å². The smallest absolute Gasteiger partial charge is 0.319 e. The van der Waals surface area contributed by atoms with Crippen molar-refractivity contribution in [3.8, 4) is 0 Å². The third-order valence-electron chi connectivity index (χ3n) is 2.45. The molecule has 0 aromatic carbocycles. The van der Waals surface area contributed by atoms with E-state index in [1.807, 2.05) is 0 Å². The highest BCUT2D eigenvalue weighted by molar-refractivity contribution is 6.02. The van der Waals surface area contributed by atoms with Crippen LogP contribution in [0.5, 0.6) is 0 Å². The van der Waals surface area contributed by atoms with E-state index in [1.165, 1.54) is 0 Å². The second-order valence-corrected chi connectivity index (χ2v) is 3.22. The topological polar surface area (TPSA) is 86.6 Å². The summed E-state index contributed by atoms with van der Waals surface area (Å²) in [6.07, 6.45) is 0.959. The maximum absolute atomic E-state index is 11.3. The van der Waals surface area contributed by atoms with Gasteiger partial charge in [0, 0.05) is 13.2 Å². The molecule has 0 spiro atoms. The number of carboxylic acids is 1. The molecule has 1 heterocycles. The summed E-state index contributed by atoms with van der Waals surface area (Å²) in [5.41, 5.74) is -1.40. The van der Waals surface area contributed by atoms with Crippen molar-refractivity contribution in [3.63, 3.8) is 0 Å². The van der Waals surface area contributed by atoms with Gasteiger partial charge in [0.15, 0.2) is 0 Å². The molecule has 1 aliphatic heterocycles. The highest BCUT2D eigenvalue weighted by atomic mass is 16.4. The molecule has 13 heavy (non-hydrogen) atoms. The maximum atomic E-state index is 11.3. The molecular formula is C8H13NO4. The summed E-state index contributed by atoms with van der Waals surface area (Å²) >= 11 is 0. The quantitative estimate of drug-likeness (QED) is 0.512. The summed E-state index contributed by atoms with van der Waals surface area (Å²) in [4.78, 5) is 22.2. The molecule has 0 aromatic rings. The number of hydrogen-bond acceptors (Lipinski definition) is 3. The van der Waals surface area contributed by atoms with Crippen molar-refractivity contribution in [1.29, 1.82) is 0 Å². The van der Waals surface area contributed by atoms with E-state index >= 15 is 0 Å². The van der Waals surface area contributed by atoms with E-state index in [2.05, 4.69) is 5.32 Å². The van der Waals surface area contributed by atoms with Gasteiger partial charge in [0.05, 0.1) is 0 Å². The molecule has 0 radical (unpaired) electrons. The van der Waals surface area contributed by atoms with Crippen LogP contribution >= 0.6 is 0 Å². The fourth-order valence-corrected chi connectivity index (χ4v) is 1.62. The van der Waals surface area contributed by atoms with Crippen LogP contribution in [0.4, 0.5) is 0 Å². The van der Waals surface area contributed by atoms with Crippen LogP contribution in [0.2, 0.25) is 0 Å². The van der Waals surface area contributed by atoms with E-state index in [4.69, 9.17) is 10.2 Å². The Morgan fingerprint density at radius 1 is 1.62 bits per heavy atom. The molecule has 0 bridgehead atoms. The van der Waals surface area contributed by atoms with Crippen LogP contribution in [0.15, 0.2) is 0 Å². The van der Waals surface area contributed by atoms with Crippen LogP contribution in [0.3, 0.4) is 0 Å². The summed E-state index contributed by atoms with van der Waals surface area (Å²) in [5.74, 6) is -1.61. The number of aliphatic hydroxyl groups excluding tert-OH is 1. The molecular weight excluding hydrogens is 174 g/mol. The fraction of sp³-hybridized carbons (Fsp3) is 0.750. The molecule has 3 N–H and O–H groups in total. The first-order valence-corrected chi connectivity index (χ1v) is 4.26. The number of carboxylic acid groups (broad SMARTS) is 1. The number of amides is 1. The first kappa shape index (κ1) is 9.98. The predicted octanol–water partition coefficient (Wildman–Crippen LogP) is -0.650. The lowest BCUT2D eigenvalue weighted by Gasteiger charge is -2.31. The van der Waals surface area contributed by atoms with E-state index in [0.29, 0.717) is 19.4 Å². The molecule has 1 rings (SSSR count). The number of carbonyl (C=O) groups excluding carboxylic acids is 1. The molecule has 1 saturated heterocycles. The summed E-state index contributed by atoms with van der Waals surface area (Å²) in [6.45, 7) is 0.249. The molecule has 1 aliphatic rings. The zero-order valence-corrected chi connectivity index (χ0v) is 7.25.